The summed E-state index contributed by atoms with van der Waals surface area (Å²) in [4.78, 5) is 0. The highest BCUT2D eigenvalue weighted by molar-refractivity contribution is 6.34. The molecule has 3 nitrogen and oxygen atoms in total. The second-order valence-corrected chi connectivity index (χ2v) is 4.53. The molecule has 0 aliphatic carbocycles. The van der Waals surface area contributed by atoms with Gasteiger partial charge in [0.15, 0.2) is 0 Å². The molecule has 1 unspecified atom stereocenters. The molecule has 1 N–H and O–H groups in total. The highest BCUT2D eigenvalue weighted by Crippen LogP contribution is 2.39. The molecule has 0 radical (unpaired) electrons. The van der Waals surface area contributed by atoms with Crippen molar-refractivity contribution in [3.05, 3.63) is 35.9 Å². The Morgan fingerprint density at radius 1 is 1.33 bits per heavy atom. The lowest BCUT2D eigenvalue weighted by Crippen LogP contribution is -2.43. The van der Waals surface area contributed by atoms with Gasteiger partial charge < -0.3 is 14.3 Å². The van der Waals surface area contributed by atoms with E-state index in [-0.39, 0.29) is 11.5 Å². The van der Waals surface area contributed by atoms with Crippen molar-refractivity contribution < 1.29 is 14.3 Å². The number of benzene rings is 1. The predicted octanol–water partition coefficient (Wildman–Crippen LogP) is 1.78. The largest absolute Gasteiger partial charge is 0.637 e. The molecule has 15 heavy (non-hydrogen) atoms. The van der Waals surface area contributed by atoms with Crippen molar-refractivity contribution >= 4 is 7.32 Å². The molecular formula is C11H15BO3. The molecule has 2 rings (SSSR count). The van der Waals surface area contributed by atoms with Gasteiger partial charge in [-0.05, 0) is 5.56 Å². The Morgan fingerprint density at radius 3 is 2.67 bits per heavy atom. The highest BCUT2D eigenvalue weighted by Gasteiger charge is 2.41. The maximum Gasteiger partial charge on any atom is 0.637 e. The van der Waals surface area contributed by atoms with Gasteiger partial charge in [-0.15, -0.1) is 0 Å². The Balaban J connectivity index is 2.26. The molecule has 1 saturated heterocycles. The summed E-state index contributed by atoms with van der Waals surface area (Å²) < 4.78 is 10.5. The fraction of sp³-hybridized carbons (Fsp3) is 0.455. The van der Waals surface area contributed by atoms with Crippen molar-refractivity contribution in [2.75, 3.05) is 6.61 Å². The minimum Gasteiger partial charge on any atom is -0.402 e. The van der Waals surface area contributed by atoms with Crippen LogP contribution in [0.15, 0.2) is 30.3 Å². The molecular weight excluding hydrogens is 191 g/mol. The van der Waals surface area contributed by atoms with E-state index in [2.05, 4.69) is 13.8 Å². The van der Waals surface area contributed by atoms with Gasteiger partial charge in [-0.2, -0.15) is 0 Å². The first-order valence-corrected chi connectivity index (χ1v) is 5.10. The van der Waals surface area contributed by atoms with E-state index < -0.39 is 7.32 Å². The standard InChI is InChI=1S/C11H15BO3/c1-11(2)8-14-12(13)15-10(11)9-6-4-3-5-7-9/h3-7,10,13H,8H2,1-2H3. The Labute approximate surface area is 90.2 Å². The van der Waals surface area contributed by atoms with E-state index in [0.29, 0.717) is 6.61 Å². The van der Waals surface area contributed by atoms with Crippen molar-refractivity contribution in [1.29, 1.82) is 0 Å². The minimum absolute atomic E-state index is 0.123. The monoisotopic (exact) mass is 206 g/mol. The van der Waals surface area contributed by atoms with Gasteiger partial charge in [0.05, 0.1) is 6.10 Å². The van der Waals surface area contributed by atoms with E-state index in [4.69, 9.17) is 9.31 Å². The highest BCUT2D eigenvalue weighted by atomic mass is 16.7. The van der Waals surface area contributed by atoms with Crippen LogP contribution in [0.4, 0.5) is 0 Å². The summed E-state index contributed by atoms with van der Waals surface area (Å²) >= 11 is 0. The van der Waals surface area contributed by atoms with E-state index in [1.165, 1.54) is 0 Å². The van der Waals surface area contributed by atoms with Crippen LogP contribution in [-0.4, -0.2) is 19.0 Å². The third kappa shape index (κ3) is 2.22. The molecule has 0 saturated carbocycles. The molecule has 1 heterocycles. The topological polar surface area (TPSA) is 38.7 Å². The summed E-state index contributed by atoms with van der Waals surface area (Å²) in [6.07, 6.45) is -0.123. The quantitative estimate of drug-likeness (QED) is 0.711. The van der Waals surface area contributed by atoms with Crippen LogP contribution in [-0.2, 0) is 9.31 Å². The summed E-state index contributed by atoms with van der Waals surface area (Å²) in [5, 5.41) is 9.33. The molecule has 1 aromatic carbocycles. The summed E-state index contributed by atoms with van der Waals surface area (Å²) in [6.45, 7) is 4.63. The molecule has 0 aromatic heterocycles. The SMILES string of the molecule is CC1(C)COB(O)OC1c1ccccc1. The second-order valence-electron chi connectivity index (χ2n) is 4.53. The molecule has 80 valence electrons. The number of hydrogen-bond acceptors (Lipinski definition) is 3. The fourth-order valence-corrected chi connectivity index (χ4v) is 1.86. The third-order valence-corrected chi connectivity index (χ3v) is 2.66. The van der Waals surface area contributed by atoms with Crippen LogP contribution in [0.25, 0.3) is 0 Å². The third-order valence-electron chi connectivity index (χ3n) is 2.66. The van der Waals surface area contributed by atoms with Crippen molar-refractivity contribution in [2.45, 2.75) is 20.0 Å². The second kappa shape index (κ2) is 3.97. The average Bonchev–Trinajstić information content (AvgIpc) is 2.23. The van der Waals surface area contributed by atoms with Gasteiger partial charge in [-0.1, -0.05) is 44.2 Å². The summed E-state index contributed by atoms with van der Waals surface area (Å²) in [6, 6.07) is 9.91. The van der Waals surface area contributed by atoms with E-state index in [1.54, 1.807) is 0 Å². The molecule has 1 fully saturated rings. The molecule has 4 heteroatoms. The van der Waals surface area contributed by atoms with E-state index >= 15 is 0 Å². The molecule has 0 amide bonds. The number of hydrogen-bond donors (Lipinski definition) is 1. The van der Waals surface area contributed by atoms with Gasteiger partial charge in [0, 0.05) is 12.0 Å². The van der Waals surface area contributed by atoms with Gasteiger partial charge in [-0.25, -0.2) is 0 Å². The van der Waals surface area contributed by atoms with Crippen LogP contribution in [0.1, 0.15) is 25.5 Å². The van der Waals surface area contributed by atoms with Crippen LogP contribution < -0.4 is 0 Å². The maximum atomic E-state index is 9.33. The first-order valence-electron chi connectivity index (χ1n) is 5.10. The maximum absolute atomic E-state index is 9.33. The van der Waals surface area contributed by atoms with Crippen molar-refractivity contribution in [3.8, 4) is 0 Å². The Hall–Kier alpha value is -0.835. The lowest BCUT2D eigenvalue weighted by Gasteiger charge is -2.39. The molecule has 1 atom stereocenters. The minimum atomic E-state index is -1.11. The van der Waals surface area contributed by atoms with Crippen LogP contribution in [0.5, 0.6) is 0 Å². The van der Waals surface area contributed by atoms with Crippen molar-refractivity contribution in [1.82, 2.24) is 0 Å². The van der Waals surface area contributed by atoms with Crippen molar-refractivity contribution in [2.24, 2.45) is 5.41 Å². The van der Waals surface area contributed by atoms with Gasteiger partial charge >= 0.3 is 7.32 Å². The van der Waals surface area contributed by atoms with E-state index in [9.17, 15) is 5.02 Å². The number of rotatable bonds is 1. The molecule has 1 aromatic rings. The van der Waals surface area contributed by atoms with E-state index in [0.717, 1.165) is 5.56 Å². The van der Waals surface area contributed by atoms with Crippen LogP contribution in [0.2, 0.25) is 0 Å². The Morgan fingerprint density at radius 2 is 2.00 bits per heavy atom. The van der Waals surface area contributed by atoms with Crippen molar-refractivity contribution in [3.63, 3.8) is 0 Å². The van der Waals surface area contributed by atoms with Gasteiger partial charge in [0.25, 0.3) is 0 Å². The fourth-order valence-electron chi connectivity index (χ4n) is 1.86. The van der Waals surface area contributed by atoms with E-state index in [1.807, 2.05) is 30.3 Å². The van der Waals surface area contributed by atoms with Gasteiger partial charge in [-0.3, -0.25) is 0 Å². The predicted molar refractivity (Wildman–Crippen MR) is 58.0 cm³/mol. The zero-order chi connectivity index (χ0) is 10.9. The van der Waals surface area contributed by atoms with Crippen LogP contribution in [0, 0.1) is 5.41 Å². The Bertz CT molecular complexity index is 326. The van der Waals surface area contributed by atoms with Gasteiger partial charge in [0.1, 0.15) is 0 Å². The first-order chi connectivity index (χ1) is 7.09. The molecule has 1 aliphatic heterocycles. The smallest absolute Gasteiger partial charge is 0.402 e. The Kier molecular flexibility index (Phi) is 2.82. The van der Waals surface area contributed by atoms with Crippen LogP contribution >= 0.6 is 0 Å². The molecule has 0 spiro atoms. The summed E-state index contributed by atoms with van der Waals surface area (Å²) in [7, 11) is -1.11. The zero-order valence-corrected chi connectivity index (χ0v) is 9.01. The molecule has 0 bridgehead atoms. The lowest BCUT2D eigenvalue weighted by atomic mass is 9.81. The normalized spacial score (nSPS) is 25.3. The molecule has 1 aliphatic rings. The zero-order valence-electron chi connectivity index (χ0n) is 9.01. The first kappa shape index (κ1) is 10.7. The van der Waals surface area contributed by atoms with Crippen LogP contribution in [0.3, 0.4) is 0 Å². The summed E-state index contributed by atoms with van der Waals surface area (Å²) in [5.74, 6) is 0. The lowest BCUT2D eigenvalue weighted by molar-refractivity contribution is -0.0651. The van der Waals surface area contributed by atoms with Gasteiger partial charge in [0.2, 0.25) is 0 Å². The average molecular weight is 206 g/mol. The summed E-state index contributed by atoms with van der Waals surface area (Å²) in [5.41, 5.74) is 0.950.